The molecule has 6 rings (SSSR count). The van der Waals surface area contributed by atoms with Crippen molar-refractivity contribution in [2.75, 3.05) is 7.11 Å². The van der Waals surface area contributed by atoms with Gasteiger partial charge in [0.25, 0.3) is 5.56 Å². The van der Waals surface area contributed by atoms with E-state index in [1.807, 2.05) is 22.8 Å². The molecular formula is C26H18Br2N2O2S2. The molecule has 0 fully saturated rings. The van der Waals surface area contributed by atoms with Gasteiger partial charge in [0.1, 0.15) is 5.75 Å². The molecule has 3 heterocycles. The van der Waals surface area contributed by atoms with E-state index in [1.54, 1.807) is 18.4 Å². The van der Waals surface area contributed by atoms with E-state index in [0.29, 0.717) is 4.53 Å². The summed E-state index contributed by atoms with van der Waals surface area (Å²) in [6, 6.07) is 16.5. The summed E-state index contributed by atoms with van der Waals surface area (Å²) in [5.74, 6) is 0.725. The zero-order valence-electron chi connectivity index (χ0n) is 18.0. The van der Waals surface area contributed by atoms with Gasteiger partial charge in [-0.05, 0) is 91.1 Å². The van der Waals surface area contributed by atoms with E-state index in [0.717, 1.165) is 43.6 Å². The molecule has 0 radical (unpaired) electrons. The van der Waals surface area contributed by atoms with Crippen LogP contribution in [0.15, 0.2) is 78.2 Å². The number of benzene rings is 2. The number of aromatic nitrogens is 1. The third-order valence-corrected chi connectivity index (χ3v) is 9.29. The molecular weight excluding hydrogens is 596 g/mol. The van der Waals surface area contributed by atoms with E-state index in [1.165, 1.54) is 32.9 Å². The van der Waals surface area contributed by atoms with Gasteiger partial charge in [0.05, 0.1) is 32.3 Å². The second-order valence-electron chi connectivity index (χ2n) is 8.15. The van der Waals surface area contributed by atoms with Gasteiger partial charge >= 0.3 is 0 Å². The molecule has 0 saturated heterocycles. The molecule has 0 spiro atoms. The lowest BCUT2D eigenvalue weighted by Gasteiger charge is -2.30. The highest BCUT2D eigenvalue weighted by Crippen LogP contribution is 2.42. The molecule has 34 heavy (non-hydrogen) atoms. The minimum Gasteiger partial charge on any atom is -0.494 e. The van der Waals surface area contributed by atoms with Crippen LogP contribution in [0.5, 0.6) is 5.75 Å². The Kier molecular flexibility index (Phi) is 5.72. The van der Waals surface area contributed by atoms with Crippen molar-refractivity contribution in [3.05, 3.63) is 110 Å². The number of methoxy groups -OCH3 is 1. The first-order valence-electron chi connectivity index (χ1n) is 10.7. The molecule has 1 aliphatic heterocycles. The number of thiazole rings is 1. The Hall–Kier alpha value is -2.26. The van der Waals surface area contributed by atoms with Crippen LogP contribution in [0, 0.1) is 0 Å². The van der Waals surface area contributed by atoms with Crippen molar-refractivity contribution in [1.82, 2.24) is 4.57 Å². The molecule has 1 atom stereocenters. The van der Waals surface area contributed by atoms with Crippen LogP contribution < -0.4 is 19.6 Å². The summed E-state index contributed by atoms with van der Waals surface area (Å²) in [6.45, 7) is 0. The number of aryl methyl sites for hydroxylation is 1. The third-order valence-electron chi connectivity index (χ3n) is 6.21. The predicted molar refractivity (Wildman–Crippen MR) is 145 cm³/mol. The average molecular weight is 614 g/mol. The fourth-order valence-electron chi connectivity index (χ4n) is 4.73. The van der Waals surface area contributed by atoms with Crippen molar-refractivity contribution in [3.8, 4) is 5.75 Å². The predicted octanol–water partition coefficient (Wildman–Crippen LogP) is 5.91. The van der Waals surface area contributed by atoms with Crippen LogP contribution in [0.1, 0.15) is 34.0 Å². The first kappa shape index (κ1) is 22.2. The van der Waals surface area contributed by atoms with Gasteiger partial charge in [-0.3, -0.25) is 9.36 Å². The van der Waals surface area contributed by atoms with Gasteiger partial charge in [-0.1, -0.05) is 41.7 Å². The number of rotatable bonds is 3. The van der Waals surface area contributed by atoms with Gasteiger partial charge < -0.3 is 4.74 Å². The number of allylic oxidation sites excluding steroid dienone is 1. The van der Waals surface area contributed by atoms with Gasteiger partial charge in [-0.2, -0.15) is 0 Å². The number of thiophene rings is 1. The highest BCUT2D eigenvalue weighted by Gasteiger charge is 2.33. The zero-order valence-corrected chi connectivity index (χ0v) is 22.9. The highest BCUT2D eigenvalue weighted by molar-refractivity contribution is 9.11. The molecule has 2 aromatic carbocycles. The normalized spacial score (nSPS) is 17.1. The summed E-state index contributed by atoms with van der Waals surface area (Å²) in [7, 11) is 1.63. The van der Waals surface area contributed by atoms with Crippen molar-refractivity contribution in [2.24, 2.45) is 4.99 Å². The molecule has 2 aliphatic rings. The van der Waals surface area contributed by atoms with Crippen LogP contribution in [-0.4, -0.2) is 11.7 Å². The quantitative estimate of drug-likeness (QED) is 0.288. The van der Waals surface area contributed by atoms with Crippen molar-refractivity contribution in [1.29, 1.82) is 0 Å². The largest absolute Gasteiger partial charge is 0.494 e. The number of ether oxygens (including phenoxy) is 1. The van der Waals surface area contributed by atoms with E-state index in [4.69, 9.17) is 9.73 Å². The first-order chi connectivity index (χ1) is 16.5. The summed E-state index contributed by atoms with van der Waals surface area (Å²) in [5, 5.41) is 2.08. The standard InChI is InChI=1S/C26H18Br2N2O2S2/c1-32-24-18(27)11-14(12-19(24)28)13-21-25(31)30-23(20-7-4-10-33-20)17-9-8-15-5-2-3-6-16(15)22(17)29-26(30)34-21/h2-7,10-13,23H,8-9H2,1H3/b21-13+. The number of hydrogen-bond acceptors (Lipinski definition) is 5. The fourth-order valence-corrected chi connectivity index (χ4v) is 8.12. The van der Waals surface area contributed by atoms with Crippen LogP contribution in [0.4, 0.5) is 0 Å². The fraction of sp³-hybridized carbons (Fsp3) is 0.154. The van der Waals surface area contributed by atoms with E-state index < -0.39 is 0 Å². The van der Waals surface area contributed by atoms with Crippen LogP contribution in [0.3, 0.4) is 0 Å². The molecule has 170 valence electrons. The van der Waals surface area contributed by atoms with Crippen LogP contribution in [-0.2, 0) is 6.42 Å². The van der Waals surface area contributed by atoms with E-state index in [9.17, 15) is 4.79 Å². The molecule has 4 nitrogen and oxygen atoms in total. The Labute approximate surface area is 220 Å². The lowest BCUT2D eigenvalue weighted by Crippen LogP contribution is -2.38. The van der Waals surface area contributed by atoms with Crippen LogP contribution >= 0.6 is 54.5 Å². The topological polar surface area (TPSA) is 43.6 Å². The van der Waals surface area contributed by atoms with Gasteiger partial charge in [-0.15, -0.1) is 11.3 Å². The van der Waals surface area contributed by atoms with Crippen molar-refractivity contribution in [3.63, 3.8) is 0 Å². The second-order valence-corrected chi connectivity index (χ2v) is 11.8. The Morgan fingerprint density at radius 3 is 2.65 bits per heavy atom. The van der Waals surface area contributed by atoms with E-state index >= 15 is 0 Å². The highest BCUT2D eigenvalue weighted by atomic mass is 79.9. The molecule has 0 amide bonds. The van der Waals surface area contributed by atoms with Crippen LogP contribution in [0.25, 0.3) is 11.8 Å². The maximum atomic E-state index is 13.8. The van der Waals surface area contributed by atoms with Crippen molar-refractivity contribution >= 4 is 66.3 Å². The van der Waals surface area contributed by atoms with Crippen LogP contribution in [0.2, 0.25) is 0 Å². The molecule has 4 aromatic rings. The summed E-state index contributed by atoms with van der Waals surface area (Å²) in [4.78, 5) is 20.7. The van der Waals surface area contributed by atoms with Gasteiger partial charge in [0.15, 0.2) is 4.80 Å². The van der Waals surface area contributed by atoms with Gasteiger partial charge in [-0.25, -0.2) is 4.99 Å². The molecule has 0 N–H and O–H groups in total. The van der Waals surface area contributed by atoms with Gasteiger partial charge in [0, 0.05) is 10.4 Å². The molecule has 2 aromatic heterocycles. The molecule has 0 bridgehead atoms. The lowest BCUT2D eigenvalue weighted by molar-refractivity contribution is 0.409. The SMILES string of the molecule is COc1c(Br)cc(/C=c2/sc3n(c2=O)C(c2cccs2)C2=C(N=3)c3ccccc3CC2)cc1Br. The monoisotopic (exact) mass is 612 g/mol. The Morgan fingerprint density at radius 1 is 1.12 bits per heavy atom. The number of hydrogen-bond donors (Lipinski definition) is 0. The second kappa shape index (κ2) is 8.75. The summed E-state index contributed by atoms with van der Waals surface area (Å²) < 4.78 is 9.63. The molecule has 1 unspecified atom stereocenters. The maximum Gasteiger partial charge on any atom is 0.271 e. The van der Waals surface area contributed by atoms with E-state index in [2.05, 4.69) is 73.6 Å². The number of nitrogens with zero attached hydrogens (tertiary/aromatic N) is 2. The van der Waals surface area contributed by atoms with E-state index in [-0.39, 0.29) is 11.6 Å². The Balaban J connectivity index is 1.59. The smallest absolute Gasteiger partial charge is 0.271 e. The number of halogens is 2. The van der Waals surface area contributed by atoms with Gasteiger partial charge in [0.2, 0.25) is 0 Å². The summed E-state index contributed by atoms with van der Waals surface area (Å²) >= 11 is 10.3. The third kappa shape index (κ3) is 3.59. The van der Waals surface area contributed by atoms with Crippen molar-refractivity contribution in [2.45, 2.75) is 18.9 Å². The Morgan fingerprint density at radius 2 is 1.91 bits per heavy atom. The minimum atomic E-state index is -0.115. The lowest BCUT2D eigenvalue weighted by atomic mass is 9.85. The minimum absolute atomic E-state index is 0.00405. The average Bonchev–Trinajstić information content (AvgIpc) is 3.46. The van der Waals surface area contributed by atoms with Crippen molar-refractivity contribution < 1.29 is 4.74 Å². The summed E-state index contributed by atoms with van der Waals surface area (Å²) in [6.07, 6.45) is 3.80. The Bertz CT molecular complexity index is 1630. The molecule has 8 heteroatoms. The maximum absolute atomic E-state index is 13.8. The molecule has 0 saturated carbocycles. The summed E-state index contributed by atoms with van der Waals surface area (Å²) in [5.41, 5.74) is 5.67. The first-order valence-corrected chi connectivity index (χ1v) is 14.0. The zero-order chi connectivity index (χ0) is 23.4. The number of fused-ring (bicyclic) bond motifs is 3. The molecule has 1 aliphatic carbocycles.